The first-order valence-electron chi connectivity index (χ1n) is 8.24. The van der Waals surface area contributed by atoms with Gasteiger partial charge in [-0.05, 0) is 36.6 Å². The highest BCUT2D eigenvalue weighted by Gasteiger charge is 2.10. The average molecular weight is 379 g/mol. The topological polar surface area (TPSA) is 82.7 Å². The monoisotopic (exact) mass is 378 g/mol. The van der Waals surface area contributed by atoms with Crippen LogP contribution in [0.25, 0.3) is 16.5 Å². The number of phenols is 1. The van der Waals surface area contributed by atoms with Crippen molar-refractivity contribution >= 4 is 33.7 Å². The van der Waals surface area contributed by atoms with Gasteiger partial charge in [0.15, 0.2) is 0 Å². The van der Waals surface area contributed by atoms with Gasteiger partial charge in [0.05, 0.1) is 5.69 Å². The molecule has 7 heteroatoms. The van der Waals surface area contributed by atoms with Crippen molar-refractivity contribution in [2.45, 2.75) is 6.92 Å². The third-order valence-corrected chi connectivity index (χ3v) is 4.47. The smallest absolute Gasteiger partial charge is 0.264 e. The molecule has 0 saturated carbocycles. The van der Waals surface area contributed by atoms with Crippen LogP contribution in [0.15, 0.2) is 75.7 Å². The third-order valence-electron chi connectivity index (χ3n) is 4.23. The number of aromatic hydroxyl groups is 1. The average Bonchev–Trinajstić information content (AvgIpc) is 2.99. The molecule has 0 amide bonds. The lowest BCUT2D eigenvalue weighted by atomic mass is 10.1. The van der Waals surface area contributed by atoms with E-state index in [0.29, 0.717) is 22.1 Å². The minimum atomic E-state index is -0.211. The Morgan fingerprint density at radius 2 is 1.85 bits per heavy atom. The van der Waals surface area contributed by atoms with Gasteiger partial charge >= 0.3 is 0 Å². The summed E-state index contributed by atoms with van der Waals surface area (Å²) in [5.74, 6) is 0.0339. The van der Waals surface area contributed by atoms with Gasteiger partial charge in [0.2, 0.25) is 0 Å². The summed E-state index contributed by atoms with van der Waals surface area (Å²) in [6.07, 6.45) is 0. The maximum absolute atomic E-state index is 11.6. The van der Waals surface area contributed by atoms with E-state index >= 15 is 0 Å². The molecule has 6 nitrogen and oxygen atoms in total. The van der Waals surface area contributed by atoms with Gasteiger partial charge in [0, 0.05) is 22.2 Å². The fraction of sp³-hybridized carbons (Fsp3) is 0.0500. The van der Waals surface area contributed by atoms with Crippen LogP contribution in [0.2, 0.25) is 5.02 Å². The third kappa shape index (κ3) is 3.22. The molecule has 0 bridgehead atoms. The van der Waals surface area contributed by atoms with E-state index in [1.54, 1.807) is 28.9 Å². The molecule has 0 atom stereocenters. The Kier molecular flexibility index (Phi) is 4.25. The highest BCUT2D eigenvalue weighted by atomic mass is 35.5. The first-order valence-corrected chi connectivity index (χ1v) is 8.62. The number of nitrogens with one attached hydrogen (secondary N) is 1. The minimum Gasteiger partial charge on any atom is -0.506 e. The van der Waals surface area contributed by atoms with Crippen LogP contribution in [-0.4, -0.2) is 14.9 Å². The van der Waals surface area contributed by atoms with Crippen molar-refractivity contribution in [1.82, 2.24) is 9.78 Å². The van der Waals surface area contributed by atoms with Crippen LogP contribution in [0.4, 0.5) is 11.4 Å². The number of aryl methyl sites for hydroxylation is 1. The van der Waals surface area contributed by atoms with Crippen molar-refractivity contribution < 1.29 is 5.11 Å². The molecule has 27 heavy (non-hydrogen) atoms. The van der Waals surface area contributed by atoms with E-state index < -0.39 is 0 Å². The number of nitrogens with zero attached hydrogens (tertiary/aromatic N) is 3. The van der Waals surface area contributed by atoms with Gasteiger partial charge in [-0.15, -0.1) is 10.2 Å². The largest absolute Gasteiger partial charge is 0.506 e. The number of benzene rings is 3. The second kappa shape index (κ2) is 6.74. The quantitative estimate of drug-likeness (QED) is 0.468. The van der Waals surface area contributed by atoms with Crippen molar-refractivity contribution in [3.8, 4) is 11.4 Å². The number of H-pyrrole nitrogens is 1. The number of phenolic OH excluding ortho intramolecular Hbond substituents is 1. The molecule has 1 heterocycles. The summed E-state index contributed by atoms with van der Waals surface area (Å²) in [6.45, 7) is 1.81. The number of aromatic nitrogens is 2. The second-order valence-electron chi connectivity index (χ2n) is 6.08. The van der Waals surface area contributed by atoms with Crippen LogP contribution in [0.5, 0.6) is 5.75 Å². The summed E-state index contributed by atoms with van der Waals surface area (Å²) in [5, 5.41) is 23.8. The molecule has 4 aromatic rings. The molecule has 0 aliphatic heterocycles. The van der Waals surface area contributed by atoms with E-state index in [2.05, 4.69) is 15.3 Å². The van der Waals surface area contributed by atoms with Crippen LogP contribution in [0.1, 0.15) is 5.69 Å². The molecule has 0 saturated heterocycles. The van der Waals surface area contributed by atoms with E-state index in [0.717, 1.165) is 16.5 Å². The zero-order valence-electron chi connectivity index (χ0n) is 14.3. The molecule has 4 rings (SSSR count). The van der Waals surface area contributed by atoms with E-state index in [1.807, 2.05) is 37.3 Å². The Bertz CT molecular complexity index is 1240. The molecular formula is C20H15ClN4O2. The van der Waals surface area contributed by atoms with Gasteiger partial charge in [0.25, 0.3) is 5.56 Å². The molecule has 0 aliphatic carbocycles. The van der Waals surface area contributed by atoms with E-state index in [4.69, 9.17) is 11.6 Å². The first-order chi connectivity index (χ1) is 13.0. The van der Waals surface area contributed by atoms with Gasteiger partial charge in [-0.3, -0.25) is 14.6 Å². The van der Waals surface area contributed by atoms with Crippen LogP contribution in [0.3, 0.4) is 0 Å². The van der Waals surface area contributed by atoms with E-state index in [9.17, 15) is 9.90 Å². The van der Waals surface area contributed by atoms with Gasteiger partial charge in [-0.25, -0.2) is 0 Å². The summed E-state index contributed by atoms with van der Waals surface area (Å²) in [5.41, 5.74) is 1.98. The van der Waals surface area contributed by atoms with Gasteiger partial charge in [0.1, 0.15) is 17.1 Å². The van der Waals surface area contributed by atoms with Crippen LogP contribution in [0, 0.1) is 6.92 Å². The van der Waals surface area contributed by atoms with Crippen molar-refractivity contribution in [3.05, 3.63) is 81.7 Å². The number of halogens is 1. The van der Waals surface area contributed by atoms with Gasteiger partial charge in [-0.2, -0.15) is 0 Å². The molecule has 0 fully saturated rings. The standard InChI is InChI=1S/C20H15ClN4O2/c1-12-10-19(27)24-25(12)17-8-7-14(21)11-16(17)22-23-20-15-5-3-2-4-13(15)6-9-18(20)26/h2-11,26H,1H3,(H,24,27). The fourth-order valence-electron chi connectivity index (χ4n) is 2.95. The number of aromatic amines is 1. The lowest BCUT2D eigenvalue weighted by Gasteiger charge is -2.09. The number of rotatable bonds is 3. The lowest BCUT2D eigenvalue weighted by Crippen LogP contribution is -2.04. The molecule has 0 unspecified atom stereocenters. The highest BCUT2D eigenvalue weighted by molar-refractivity contribution is 6.30. The maximum Gasteiger partial charge on any atom is 0.264 e. The predicted octanol–water partition coefficient (Wildman–Crippen LogP) is 5.40. The van der Waals surface area contributed by atoms with Gasteiger partial charge in [-0.1, -0.05) is 41.9 Å². The Morgan fingerprint density at radius 1 is 1.04 bits per heavy atom. The van der Waals surface area contributed by atoms with Crippen LogP contribution >= 0.6 is 11.6 Å². The Morgan fingerprint density at radius 3 is 2.63 bits per heavy atom. The normalized spacial score (nSPS) is 11.5. The first kappa shape index (κ1) is 17.1. The van der Waals surface area contributed by atoms with Crippen molar-refractivity contribution in [1.29, 1.82) is 0 Å². The Balaban J connectivity index is 1.87. The molecule has 3 aromatic carbocycles. The van der Waals surface area contributed by atoms with E-state index in [1.165, 1.54) is 6.07 Å². The van der Waals surface area contributed by atoms with Gasteiger partial charge < -0.3 is 5.11 Å². The molecule has 134 valence electrons. The number of fused-ring (bicyclic) bond motifs is 1. The summed E-state index contributed by atoms with van der Waals surface area (Å²) in [4.78, 5) is 11.6. The van der Waals surface area contributed by atoms with Crippen molar-refractivity contribution in [2.75, 3.05) is 0 Å². The van der Waals surface area contributed by atoms with Crippen molar-refractivity contribution in [3.63, 3.8) is 0 Å². The molecule has 0 radical (unpaired) electrons. The summed E-state index contributed by atoms with van der Waals surface area (Å²) >= 11 is 6.13. The summed E-state index contributed by atoms with van der Waals surface area (Å²) in [7, 11) is 0. The second-order valence-corrected chi connectivity index (χ2v) is 6.52. The Labute approximate surface area is 159 Å². The predicted molar refractivity (Wildman–Crippen MR) is 106 cm³/mol. The van der Waals surface area contributed by atoms with Crippen molar-refractivity contribution in [2.24, 2.45) is 10.2 Å². The summed E-state index contributed by atoms with van der Waals surface area (Å²) in [6, 6.07) is 17.6. The number of azo groups is 1. The maximum atomic E-state index is 11.6. The molecule has 1 aromatic heterocycles. The lowest BCUT2D eigenvalue weighted by molar-refractivity contribution is 0.477. The molecule has 0 spiro atoms. The molecule has 2 N–H and O–H groups in total. The zero-order chi connectivity index (χ0) is 19.0. The minimum absolute atomic E-state index is 0.0339. The number of hydrogen-bond donors (Lipinski definition) is 2. The molecule has 0 aliphatic rings. The fourth-order valence-corrected chi connectivity index (χ4v) is 3.12. The van der Waals surface area contributed by atoms with E-state index in [-0.39, 0.29) is 11.3 Å². The molecular weight excluding hydrogens is 364 g/mol. The Hall–Kier alpha value is -3.38. The van der Waals surface area contributed by atoms with Crippen LogP contribution in [-0.2, 0) is 0 Å². The zero-order valence-corrected chi connectivity index (χ0v) is 15.1. The summed E-state index contributed by atoms with van der Waals surface area (Å²) < 4.78 is 1.62. The van der Waals surface area contributed by atoms with Crippen LogP contribution < -0.4 is 5.56 Å². The highest BCUT2D eigenvalue weighted by Crippen LogP contribution is 2.37. The number of hydrogen-bond acceptors (Lipinski definition) is 4. The SMILES string of the molecule is Cc1cc(=O)[nH]n1-c1ccc(Cl)cc1N=Nc1c(O)ccc2ccccc12.